The Morgan fingerprint density at radius 3 is 2.00 bits per heavy atom. The molecule has 0 saturated carbocycles. The molecule has 114 valence electrons. The van der Waals surface area contributed by atoms with Gasteiger partial charge in [0.1, 0.15) is 0 Å². The molecule has 0 aliphatic heterocycles. The second kappa shape index (κ2) is 7.55. The zero-order chi connectivity index (χ0) is 15.9. The van der Waals surface area contributed by atoms with Gasteiger partial charge in [-0.15, -0.1) is 0 Å². The Morgan fingerprint density at radius 1 is 0.739 bits per heavy atom. The monoisotopic (exact) mass is 300 g/mol. The molecule has 2 aromatic carbocycles. The van der Waals surface area contributed by atoms with Crippen LogP contribution in [0.3, 0.4) is 0 Å². The van der Waals surface area contributed by atoms with Gasteiger partial charge in [0.25, 0.3) is 0 Å². The van der Waals surface area contributed by atoms with E-state index in [-0.39, 0.29) is 0 Å². The van der Waals surface area contributed by atoms with E-state index in [0.717, 1.165) is 13.0 Å². The molecule has 3 aromatic rings. The van der Waals surface area contributed by atoms with Crippen LogP contribution in [0, 0.1) is 6.92 Å². The third-order valence-corrected chi connectivity index (χ3v) is 3.96. The van der Waals surface area contributed by atoms with Crippen LogP contribution >= 0.6 is 0 Å². The summed E-state index contributed by atoms with van der Waals surface area (Å²) in [6.45, 7) is 3.12. The summed E-state index contributed by atoms with van der Waals surface area (Å²) in [6, 6.07) is 23.5. The number of pyridine rings is 1. The van der Waals surface area contributed by atoms with Crippen LogP contribution in [0.4, 0.5) is 0 Å². The number of nitrogens with zero attached hydrogens (tertiary/aromatic N) is 1. The largest absolute Gasteiger partial charge is 0.205 e. The number of hydrogen-bond acceptors (Lipinski definition) is 0. The molecule has 0 aliphatic rings. The maximum atomic E-state index is 2.23. The fourth-order valence-corrected chi connectivity index (χ4v) is 2.50. The molecule has 0 amide bonds. The van der Waals surface area contributed by atoms with Gasteiger partial charge in [-0.1, -0.05) is 72.3 Å². The van der Waals surface area contributed by atoms with Crippen molar-refractivity contribution in [2.24, 2.45) is 0 Å². The van der Waals surface area contributed by atoms with Gasteiger partial charge >= 0.3 is 0 Å². The first kappa shape index (κ1) is 15.2. The maximum Gasteiger partial charge on any atom is 0.169 e. The number of aromatic nitrogens is 1. The van der Waals surface area contributed by atoms with Crippen LogP contribution in [0.15, 0.2) is 79.1 Å². The third-order valence-electron chi connectivity index (χ3n) is 3.96. The van der Waals surface area contributed by atoms with E-state index >= 15 is 0 Å². The van der Waals surface area contributed by atoms with Crippen molar-refractivity contribution in [3.05, 3.63) is 101 Å². The summed E-state index contributed by atoms with van der Waals surface area (Å²) in [7, 11) is 0. The highest BCUT2D eigenvalue weighted by Crippen LogP contribution is 2.08. The van der Waals surface area contributed by atoms with E-state index in [2.05, 4.69) is 103 Å². The van der Waals surface area contributed by atoms with E-state index in [9.17, 15) is 0 Å². The van der Waals surface area contributed by atoms with Crippen molar-refractivity contribution in [3.8, 4) is 0 Å². The summed E-state index contributed by atoms with van der Waals surface area (Å²) >= 11 is 0. The molecule has 0 aliphatic carbocycles. The Bertz CT molecular complexity index is 753. The summed E-state index contributed by atoms with van der Waals surface area (Å²) in [5, 5.41) is 0. The van der Waals surface area contributed by atoms with E-state index in [1.165, 1.54) is 22.3 Å². The lowest BCUT2D eigenvalue weighted by Crippen LogP contribution is -2.33. The van der Waals surface area contributed by atoms with Gasteiger partial charge in [0, 0.05) is 18.6 Å². The van der Waals surface area contributed by atoms with Crippen molar-refractivity contribution >= 4 is 12.2 Å². The van der Waals surface area contributed by atoms with Gasteiger partial charge in [-0.3, -0.25) is 0 Å². The Morgan fingerprint density at radius 2 is 1.35 bits per heavy atom. The summed E-state index contributed by atoms with van der Waals surface area (Å²) < 4.78 is 2.23. The first-order valence-corrected chi connectivity index (χ1v) is 8.07. The fourth-order valence-electron chi connectivity index (χ4n) is 2.50. The smallest absolute Gasteiger partial charge is 0.169 e. The molecule has 0 atom stereocenters. The van der Waals surface area contributed by atoms with Gasteiger partial charge in [-0.2, -0.15) is 0 Å². The zero-order valence-electron chi connectivity index (χ0n) is 13.5. The summed E-state index contributed by atoms with van der Waals surface area (Å²) in [6.07, 6.45) is 9.68. The molecule has 1 aromatic heterocycles. The highest BCUT2D eigenvalue weighted by atomic mass is 14.9. The van der Waals surface area contributed by atoms with Gasteiger partial charge in [0.15, 0.2) is 18.9 Å². The van der Waals surface area contributed by atoms with E-state index < -0.39 is 0 Å². The molecule has 1 nitrogen and oxygen atoms in total. The molecule has 0 radical (unpaired) electrons. The van der Waals surface area contributed by atoms with Gasteiger partial charge in [0.2, 0.25) is 0 Å². The van der Waals surface area contributed by atoms with Crippen molar-refractivity contribution in [3.63, 3.8) is 0 Å². The lowest BCUT2D eigenvalue weighted by Gasteiger charge is -1.99. The normalized spacial score (nSPS) is 11.0. The molecule has 0 N–H and O–H groups in total. The summed E-state index contributed by atoms with van der Waals surface area (Å²) in [5.41, 5.74) is 5.13. The standard InChI is InChI=1S/C22H22N/c1-19-7-9-21(10-8-19)11-12-22-14-17-23(18-15-22)16-13-20-5-3-2-4-6-20/h2-12,14-15,17-18H,13,16H2,1H3/q+1. The van der Waals surface area contributed by atoms with Gasteiger partial charge in [-0.05, 0) is 23.6 Å². The Hall–Kier alpha value is -2.67. The Balaban J connectivity index is 1.59. The summed E-state index contributed by atoms with van der Waals surface area (Å²) in [5.74, 6) is 0. The van der Waals surface area contributed by atoms with Crippen molar-refractivity contribution in [1.29, 1.82) is 0 Å². The minimum atomic E-state index is 1.01. The molecule has 1 heterocycles. The fraction of sp³-hybridized carbons (Fsp3) is 0.136. The number of hydrogen-bond donors (Lipinski definition) is 0. The van der Waals surface area contributed by atoms with Crippen molar-refractivity contribution in [2.45, 2.75) is 19.9 Å². The second-order valence-electron chi connectivity index (χ2n) is 5.85. The third kappa shape index (κ3) is 4.65. The lowest BCUT2D eigenvalue weighted by molar-refractivity contribution is -0.696. The highest BCUT2D eigenvalue weighted by Gasteiger charge is 2.00. The molecule has 0 spiro atoms. The van der Waals surface area contributed by atoms with Crippen molar-refractivity contribution in [1.82, 2.24) is 0 Å². The first-order valence-electron chi connectivity index (χ1n) is 8.07. The highest BCUT2D eigenvalue weighted by molar-refractivity contribution is 5.69. The van der Waals surface area contributed by atoms with Gasteiger partial charge in [-0.25, -0.2) is 4.57 Å². The molecular weight excluding hydrogens is 278 g/mol. The molecule has 3 rings (SSSR count). The topological polar surface area (TPSA) is 3.88 Å². The van der Waals surface area contributed by atoms with Gasteiger partial charge in [0.05, 0.1) is 0 Å². The summed E-state index contributed by atoms with van der Waals surface area (Å²) in [4.78, 5) is 0. The average molecular weight is 300 g/mol. The van der Waals surface area contributed by atoms with Crippen LogP contribution in [0.5, 0.6) is 0 Å². The molecule has 1 heteroatoms. The molecular formula is C22H22N+. The predicted molar refractivity (Wildman–Crippen MR) is 96.9 cm³/mol. The van der Waals surface area contributed by atoms with Crippen LogP contribution < -0.4 is 4.57 Å². The molecule has 0 unspecified atom stereocenters. The first-order chi connectivity index (χ1) is 11.3. The number of aryl methyl sites for hydroxylation is 3. The molecule has 0 bridgehead atoms. The molecule has 0 fully saturated rings. The average Bonchev–Trinajstić information content (AvgIpc) is 2.61. The number of benzene rings is 2. The minimum absolute atomic E-state index is 1.01. The van der Waals surface area contributed by atoms with E-state index in [1.54, 1.807) is 0 Å². The van der Waals surface area contributed by atoms with Gasteiger partial charge < -0.3 is 0 Å². The predicted octanol–water partition coefficient (Wildman–Crippen LogP) is 4.70. The van der Waals surface area contributed by atoms with Crippen molar-refractivity contribution < 1.29 is 4.57 Å². The Kier molecular flexibility index (Phi) is 5.00. The number of rotatable bonds is 5. The minimum Gasteiger partial charge on any atom is -0.205 e. The van der Waals surface area contributed by atoms with E-state index in [4.69, 9.17) is 0 Å². The Labute approximate surface area is 138 Å². The van der Waals surface area contributed by atoms with Crippen LogP contribution in [0.25, 0.3) is 12.2 Å². The van der Waals surface area contributed by atoms with E-state index in [1.807, 2.05) is 0 Å². The quantitative estimate of drug-likeness (QED) is 0.602. The van der Waals surface area contributed by atoms with Crippen LogP contribution in [0.2, 0.25) is 0 Å². The second-order valence-corrected chi connectivity index (χ2v) is 5.85. The maximum absolute atomic E-state index is 2.23. The van der Waals surface area contributed by atoms with E-state index in [0.29, 0.717) is 0 Å². The SMILES string of the molecule is Cc1ccc(C=Cc2cc[n+](CCc3ccccc3)cc2)cc1. The van der Waals surface area contributed by atoms with Crippen LogP contribution in [0.1, 0.15) is 22.3 Å². The molecule has 0 saturated heterocycles. The van der Waals surface area contributed by atoms with Crippen molar-refractivity contribution in [2.75, 3.05) is 0 Å². The lowest BCUT2D eigenvalue weighted by atomic mass is 10.1. The van der Waals surface area contributed by atoms with Crippen LogP contribution in [-0.2, 0) is 13.0 Å². The van der Waals surface area contributed by atoms with Crippen LogP contribution in [-0.4, -0.2) is 0 Å². The molecule has 23 heavy (non-hydrogen) atoms. The zero-order valence-corrected chi connectivity index (χ0v) is 13.5.